The van der Waals surface area contributed by atoms with Crippen LogP contribution in [-0.4, -0.2) is 22.3 Å². The van der Waals surface area contributed by atoms with Crippen molar-refractivity contribution in [2.45, 2.75) is 6.61 Å². The summed E-state index contributed by atoms with van der Waals surface area (Å²) in [6.45, 7) is 0.369. The highest BCUT2D eigenvalue weighted by Crippen LogP contribution is 2.30. The average molecular weight is 438 g/mol. The Morgan fingerprint density at radius 3 is 2.33 bits per heavy atom. The topological polar surface area (TPSA) is 91.2 Å². The molecule has 0 unspecified atom stereocenters. The number of rotatable bonds is 7. The van der Waals surface area contributed by atoms with Gasteiger partial charge in [-0.05, 0) is 53.1 Å². The third-order valence-electron chi connectivity index (χ3n) is 4.96. The molecule has 3 N–H and O–H groups in total. The number of phenols is 2. The summed E-state index contributed by atoms with van der Waals surface area (Å²) >= 11 is 0. The molecule has 1 amide bonds. The summed E-state index contributed by atoms with van der Waals surface area (Å²) in [5.41, 5.74) is 6.47. The molecule has 33 heavy (non-hydrogen) atoms. The zero-order valence-electron chi connectivity index (χ0n) is 17.7. The van der Waals surface area contributed by atoms with E-state index in [0.29, 0.717) is 17.7 Å². The maximum Gasteiger partial charge on any atom is 0.271 e. The molecule has 0 radical (unpaired) electrons. The zero-order valence-corrected chi connectivity index (χ0v) is 17.7. The maximum atomic E-state index is 12.3. The van der Waals surface area contributed by atoms with Crippen LogP contribution >= 0.6 is 0 Å². The van der Waals surface area contributed by atoms with Gasteiger partial charge in [-0.3, -0.25) is 4.79 Å². The lowest BCUT2D eigenvalue weighted by molar-refractivity contribution is 0.0955. The highest BCUT2D eigenvalue weighted by atomic mass is 16.5. The fourth-order valence-corrected chi connectivity index (χ4v) is 3.21. The summed E-state index contributed by atoms with van der Waals surface area (Å²) in [5, 5.41) is 22.7. The predicted octanol–water partition coefficient (Wildman–Crippen LogP) is 5.11. The van der Waals surface area contributed by atoms with E-state index in [4.69, 9.17) is 4.74 Å². The molecule has 6 nitrogen and oxygen atoms in total. The summed E-state index contributed by atoms with van der Waals surface area (Å²) in [4.78, 5) is 12.3. The summed E-state index contributed by atoms with van der Waals surface area (Å²) in [7, 11) is 0. The van der Waals surface area contributed by atoms with E-state index in [1.165, 1.54) is 18.3 Å². The van der Waals surface area contributed by atoms with Crippen molar-refractivity contribution in [2.75, 3.05) is 0 Å². The minimum atomic E-state index is -0.365. The van der Waals surface area contributed by atoms with E-state index in [0.717, 1.165) is 22.4 Å². The number of amides is 1. The summed E-state index contributed by atoms with van der Waals surface area (Å²) < 4.78 is 6.05. The minimum absolute atomic E-state index is 0.219. The number of nitrogens with zero attached hydrogens (tertiary/aromatic N) is 1. The number of nitrogens with one attached hydrogen (secondary N) is 1. The number of ether oxygens (including phenoxy) is 1. The molecular weight excluding hydrogens is 416 g/mol. The Balaban J connectivity index is 1.35. The Bertz CT molecular complexity index is 1270. The van der Waals surface area contributed by atoms with Gasteiger partial charge in [0.05, 0.1) is 6.21 Å². The largest absolute Gasteiger partial charge is 0.504 e. The highest BCUT2D eigenvalue weighted by Gasteiger charge is 2.07. The Morgan fingerprint density at radius 2 is 1.58 bits per heavy atom. The van der Waals surface area contributed by atoms with Crippen LogP contribution in [0.15, 0.2) is 102 Å². The van der Waals surface area contributed by atoms with Gasteiger partial charge in [0.15, 0.2) is 11.5 Å². The monoisotopic (exact) mass is 438 g/mol. The quantitative estimate of drug-likeness (QED) is 0.212. The third kappa shape index (κ3) is 5.57. The number of carbonyl (C=O) groups is 1. The van der Waals surface area contributed by atoms with E-state index in [9.17, 15) is 15.0 Å². The van der Waals surface area contributed by atoms with Gasteiger partial charge in [0.25, 0.3) is 5.91 Å². The fraction of sp³-hybridized carbons (Fsp3) is 0.0370. The van der Waals surface area contributed by atoms with Crippen molar-refractivity contribution in [3.05, 3.63) is 114 Å². The molecule has 0 saturated carbocycles. The molecule has 4 aromatic rings. The number of benzene rings is 4. The number of hydrogen-bond donors (Lipinski definition) is 3. The van der Waals surface area contributed by atoms with Crippen LogP contribution < -0.4 is 10.2 Å². The van der Waals surface area contributed by atoms with Gasteiger partial charge in [0, 0.05) is 11.1 Å². The van der Waals surface area contributed by atoms with Gasteiger partial charge in [0.1, 0.15) is 12.4 Å². The van der Waals surface area contributed by atoms with Gasteiger partial charge >= 0.3 is 0 Å². The molecule has 0 aromatic heterocycles. The van der Waals surface area contributed by atoms with Crippen LogP contribution in [0.3, 0.4) is 0 Å². The molecule has 0 atom stereocenters. The Kier molecular flexibility index (Phi) is 6.66. The molecule has 4 rings (SSSR count). The molecule has 0 heterocycles. The second kappa shape index (κ2) is 10.2. The molecule has 0 aliphatic heterocycles. The maximum absolute atomic E-state index is 12.3. The lowest BCUT2D eigenvalue weighted by Gasteiger charge is -2.12. The van der Waals surface area contributed by atoms with Crippen LogP contribution in [0.2, 0.25) is 0 Å². The van der Waals surface area contributed by atoms with Crippen LogP contribution in [0.1, 0.15) is 21.5 Å². The molecule has 4 aromatic carbocycles. The van der Waals surface area contributed by atoms with Gasteiger partial charge in [-0.1, -0.05) is 60.7 Å². The van der Waals surface area contributed by atoms with Crippen molar-refractivity contribution in [3.63, 3.8) is 0 Å². The van der Waals surface area contributed by atoms with E-state index >= 15 is 0 Å². The van der Waals surface area contributed by atoms with Crippen LogP contribution in [0, 0.1) is 0 Å². The first-order chi connectivity index (χ1) is 16.1. The summed E-state index contributed by atoms with van der Waals surface area (Å²) in [6.07, 6.45) is 1.38. The van der Waals surface area contributed by atoms with Gasteiger partial charge < -0.3 is 14.9 Å². The van der Waals surface area contributed by atoms with Crippen LogP contribution in [0.4, 0.5) is 0 Å². The fourth-order valence-electron chi connectivity index (χ4n) is 3.21. The van der Waals surface area contributed by atoms with E-state index in [2.05, 4.69) is 10.5 Å². The second-order valence-electron chi connectivity index (χ2n) is 7.30. The lowest BCUT2D eigenvalue weighted by atomic mass is 10.0. The number of aromatic hydroxyl groups is 2. The molecule has 0 fully saturated rings. The normalized spacial score (nSPS) is 10.8. The first-order valence-electron chi connectivity index (χ1n) is 10.3. The first-order valence-corrected chi connectivity index (χ1v) is 10.3. The van der Waals surface area contributed by atoms with Gasteiger partial charge in [0.2, 0.25) is 0 Å². The third-order valence-corrected chi connectivity index (χ3v) is 4.96. The van der Waals surface area contributed by atoms with E-state index in [1.807, 2.05) is 66.7 Å². The van der Waals surface area contributed by atoms with Gasteiger partial charge in [-0.15, -0.1) is 0 Å². The number of carbonyl (C=O) groups excluding carboxylic acids is 1. The molecule has 0 saturated heterocycles. The zero-order chi connectivity index (χ0) is 23.0. The predicted molar refractivity (Wildman–Crippen MR) is 127 cm³/mol. The molecule has 0 bridgehead atoms. The van der Waals surface area contributed by atoms with E-state index in [-0.39, 0.29) is 17.4 Å². The molecular formula is C27H22N2O4. The van der Waals surface area contributed by atoms with Crippen molar-refractivity contribution in [1.82, 2.24) is 5.43 Å². The minimum Gasteiger partial charge on any atom is -0.504 e. The Hall–Kier alpha value is -4.58. The van der Waals surface area contributed by atoms with Crippen molar-refractivity contribution in [3.8, 4) is 28.4 Å². The van der Waals surface area contributed by atoms with Gasteiger partial charge in [-0.25, -0.2) is 5.43 Å². The molecule has 0 spiro atoms. The number of para-hydroxylation sites is 1. The smallest absolute Gasteiger partial charge is 0.271 e. The standard InChI is InChI=1S/C27H22N2O4/c30-24-15-12-20(16-25(24)31)17-28-29-27(32)22-13-10-19(11-14-22)18-33-26-9-5-4-8-23(26)21-6-2-1-3-7-21/h1-17,30-31H,18H2,(H,29,32). The summed E-state index contributed by atoms with van der Waals surface area (Å²) in [5.74, 6) is -0.0467. The van der Waals surface area contributed by atoms with Crippen LogP contribution in [0.25, 0.3) is 11.1 Å². The Morgan fingerprint density at radius 1 is 0.848 bits per heavy atom. The molecule has 164 valence electrons. The van der Waals surface area contributed by atoms with Crippen molar-refractivity contribution in [2.24, 2.45) is 5.10 Å². The van der Waals surface area contributed by atoms with E-state index < -0.39 is 0 Å². The van der Waals surface area contributed by atoms with Crippen molar-refractivity contribution < 1.29 is 19.7 Å². The van der Waals surface area contributed by atoms with Crippen molar-refractivity contribution >= 4 is 12.1 Å². The van der Waals surface area contributed by atoms with Gasteiger partial charge in [-0.2, -0.15) is 5.10 Å². The lowest BCUT2D eigenvalue weighted by Crippen LogP contribution is -2.17. The SMILES string of the molecule is O=C(NN=Cc1ccc(O)c(O)c1)c1ccc(COc2ccccc2-c2ccccc2)cc1. The van der Waals surface area contributed by atoms with Crippen LogP contribution in [-0.2, 0) is 6.61 Å². The second-order valence-corrected chi connectivity index (χ2v) is 7.30. The number of hydrogen-bond acceptors (Lipinski definition) is 5. The molecule has 6 heteroatoms. The van der Waals surface area contributed by atoms with E-state index in [1.54, 1.807) is 18.2 Å². The average Bonchev–Trinajstić information content (AvgIpc) is 2.86. The molecule has 0 aliphatic rings. The number of phenolic OH excluding ortho intramolecular Hbond substituents is 2. The summed E-state index contributed by atoms with van der Waals surface area (Å²) in [6, 6.07) is 29.3. The number of hydrazone groups is 1. The van der Waals surface area contributed by atoms with Crippen LogP contribution in [0.5, 0.6) is 17.2 Å². The highest BCUT2D eigenvalue weighted by molar-refractivity contribution is 5.95. The molecule has 0 aliphatic carbocycles. The Labute approximate surface area is 191 Å². The first kappa shape index (κ1) is 21.6. The van der Waals surface area contributed by atoms with Crippen molar-refractivity contribution in [1.29, 1.82) is 0 Å².